The summed E-state index contributed by atoms with van der Waals surface area (Å²) in [6, 6.07) is 6.84. The van der Waals surface area contributed by atoms with Crippen molar-refractivity contribution in [1.29, 1.82) is 0 Å². The number of hydrogen-bond acceptors (Lipinski definition) is 0. The average Bonchev–Trinajstić information content (AvgIpc) is 2.36. The molecule has 0 N–H and O–H groups in total. The highest BCUT2D eigenvalue weighted by molar-refractivity contribution is 6.22. The number of benzene rings is 2. The Morgan fingerprint density at radius 2 is 1.58 bits per heavy atom. The number of halogens is 4. The van der Waals surface area contributed by atoms with E-state index in [1.54, 1.807) is 19.1 Å². The van der Waals surface area contributed by atoms with Gasteiger partial charge in [-0.25, -0.2) is 13.2 Å². The van der Waals surface area contributed by atoms with Gasteiger partial charge in [0.2, 0.25) is 0 Å². The van der Waals surface area contributed by atoms with Crippen molar-refractivity contribution in [2.75, 3.05) is 0 Å². The van der Waals surface area contributed by atoms with Gasteiger partial charge in [-0.15, -0.1) is 11.6 Å². The lowest BCUT2D eigenvalue weighted by Gasteiger charge is -2.14. The van der Waals surface area contributed by atoms with Gasteiger partial charge in [0, 0.05) is 17.2 Å². The third-order valence-electron chi connectivity index (χ3n) is 3.05. The summed E-state index contributed by atoms with van der Waals surface area (Å²) in [7, 11) is 0. The molecule has 0 aliphatic carbocycles. The van der Waals surface area contributed by atoms with Crippen molar-refractivity contribution in [3.8, 4) is 0 Å². The Morgan fingerprint density at radius 3 is 2.26 bits per heavy atom. The van der Waals surface area contributed by atoms with Crippen LogP contribution in [0.5, 0.6) is 0 Å². The van der Waals surface area contributed by atoms with Crippen molar-refractivity contribution in [2.45, 2.75) is 19.2 Å². The van der Waals surface area contributed by atoms with E-state index in [4.69, 9.17) is 11.6 Å². The first-order valence-electron chi connectivity index (χ1n) is 5.76. The van der Waals surface area contributed by atoms with Gasteiger partial charge in [0.05, 0.1) is 5.38 Å². The molecule has 2 rings (SSSR count). The molecule has 2 aromatic rings. The van der Waals surface area contributed by atoms with Crippen LogP contribution in [0.25, 0.3) is 0 Å². The third kappa shape index (κ3) is 2.61. The molecule has 0 bridgehead atoms. The van der Waals surface area contributed by atoms with Gasteiger partial charge in [-0.05, 0) is 31.0 Å². The molecule has 0 aliphatic rings. The predicted octanol–water partition coefficient (Wildman–Crippen LogP) is 5.05. The van der Waals surface area contributed by atoms with Crippen LogP contribution in [0, 0.1) is 31.3 Å². The van der Waals surface area contributed by atoms with Crippen LogP contribution in [-0.4, -0.2) is 0 Å². The second-order valence-electron chi connectivity index (χ2n) is 4.46. The molecular formula is C15H12ClF3. The lowest BCUT2D eigenvalue weighted by Crippen LogP contribution is -2.03. The zero-order valence-electron chi connectivity index (χ0n) is 10.5. The quantitative estimate of drug-likeness (QED) is 0.677. The minimum atomic E-state index is -0.987. The molecule has 1 unspecified atom stereocenters. The maximum Gasteiger partial charge on any atom is 0.131 e. The molecule has 2 aromatic carbocycles. The summed E-state index contributed by atoms with van der Waals surface area (Å²) in [6.07, 6.45) is 0. The molecule has 0 aliphatic heterocycles. The Bertz CT molecular complexity index is 623. The van der Waals surface area contributed by atoms with Crippen LogP contribution in [0.15, 0.2) is 30.3 Å². The summed E-state index contributed by atoms with van der Waals surface area (Å²) in [6.45, 7) is 3.11. The molecule has 0 nitrogen and oxygen atoms in total. The van der Waals surface area contributed by atoms with Crippen LogP contribution < -0.4 is 0 Å². The fourth-order valence-electron chi connectivity index (χ4n) is 1.91. The smallest absolute Gasteiger partial charge is 0.131 e. The van der Waals surface area contributed by atoms with Crippen LogP contribution in [0.2, 0.25) is 0 Å². The first kappa shape index (κ1) is 13.9. The van der Waals surface area contributed by atoms with Crippen molar-refractivity contribution >= 4 is 11.6 Å². The number of hydrogen-bond donors (Lipinski definition) is 0. The molecule has 0 saturated heterocycles. The van der Waals surface area contributed by atoms with Crippen molar-refractivity contribution in [3.05, 3.63) is 70.0 Å². The maximum absolute atomic E-state index is 14.0. The van der Waals surface area contributed by atoms with E-state index in [1.165, 1.54) is 19.1 Å². The molecule has 0 heterocycles. The summed E-state index contributed by atoms with van der Waals surface area (Å²) in [5.41, 5.74) is 0.967. The number of alkyl halides is 1. The monoisotopic (exact) mass is 284 g/mol. The second-order valence-corrected chi connectivity index (χ2v) is 4.90. The Balaban J connectivity index is 2.53. The highest BCUT2D eigenvalue weighted by Crippen LogP contribution is 2.34. The zero-order valence-corrected chi connectivity index (χ0v) is 11.2. The highest BCUT2D eigenvalue weighted by Gasteiger charge is 2.20. The minimum absolute atomic E-state index is 0.0741. The van der Waals surface area contributed by atoms with Gasteiger partial charge in [-0.1, -0.05) is 18.2 Å². The van der Waals surface area contributed by atoms with Gasteiger partial charge >= 0.3 is 0 Å². The third-order valence-corrected chi connectivity index (χ3v) is 3.52. The molecule has 0 amide bonds. The van der Waals surface area contributed by atoms with E-state index < -0.39 is 22.8 Å². The molecule has 0 spiro atoms. The van der Waals surface area contributed by atoms with Crippen LogP contribution in [0.4, 0.5) is 13.2 Å². The molecule has 0 aromatic heterocycles. The average molecular weight is 285 g/mol. The van der Waals surface area contributed by atoms with E-state index in [0.29, 0.717) is 5.56 Å². The first-order chi connectivity index (χ1) is 8.91. The highest BCUT2D eigenvalue weighted by atomic mass is 35.5. The lowest BCUT2D eigenvalue weighted by atomic mass is 9.99. The number of rotatable bonds is 2. The van der Waals surface area contributed by atoms with Crippen LogP contribution in [0.3, 0.4) is 0 Å². The Hall–Kier alpha value is -1.48. The SMILES string of the molecule is Cc1cc(C(Cl)c2cccc(C)c2F)c(F)cc1F. The minimum Gasteiger partial charge on any atom is -0.207 e. The zero-order chi connectivity index (χ0) is 14.2. The molecule has 100 valence electrons. The van der Waals surface area contributed by atoms with Gasteiger partial charge in [0.25, 0.3) is 0 Å². The van der Waals surface area contributed by atoms with E-state index in [0.717, 1.165) is 6.07 Å². The van der Waals surface area contributed by atoms with Crippen molar-refractivity contribution < 1.29 is 13.2 Å². The van der Waals surface area contributed by atoms with E-state index in [2.05, 4.69) is 0 Å². The summed E-state index contributed by atoms with van der Waals surface area (Å²) >= 11 is 6.14. The Morgan fingerprint density at radius 1 is 0.895 bits per heavy atom. The van der Waals surface area contributed by atoms with Gasteiger partial charge in [-0.3, -0.25) is 0 Å². The molecule has 0 radical (unpaired) electrons. The fourth-order valence-corrected chi connectivity index (χ4v) is 2.24. The van der Waals surface area contributed by atoms with Crippen LogP contribution in [0.1, 0.15) is 27.6 Å². The summed E-state index contributed by atoms with van der Waals surface area (Å²) in [5.74, 6) is -1.89. The van der Waals surface area contributed by atoms with Crippen LogP contribution >= 0.6 is 11.6 Å². The molecule has 0 saturated carbocycles. The van der Waals surface area contributed by atoms with Gasteiger partial charge in [0.1, 0.15) is 17.5 Å². The van der Waals surface area contributed by atoms with E-state index in [9.17, 15) is 13.2 Å². The van der Waals surface area contributed by atoms with Crippen molar-refractivity contribution in [2.24, 2.45) is 0 Å². The summed E-state index contributed by atoms with van der Waals surface area (Å²) < 4.78 is 40.9. The standard InChI is InChI=1S/C15H12ClF3/c1-8-4-3-5-10(15(8)19)14(16)11-6-9(2)12(17)7-13(11)18/h3-7,14H,1-2H3. The van der Waals surface area contributed by atoms with Crippen LogP contribution in [-0.2, 0) is 0 Å². The van der Waals surface area contributed by atoms with Gasteiger partial charge in [-0.2, -0.15) is 0 Å². The van der Waals surface area contributed by atoms with Crippen molar-refractivity contribution in [1.82, 2.24) is 0 Å². The number of aryl methyl sites for hydroxylation is 2. The van der Waals surface area contributed by atoms with Crippen molar-refractivity contribution in [3.63, 3.8) is 0 Å². The summed E-state index contributed by atoms with van der Waals surface area (Å²) in [4.78, 5) is 0. The molecule has 1 atom stereocenters. The normalized spacial score (nSPS) is 12.5. The van der Waals surface area contributed by atoms with Gasteiger partial charge in [0.15, 0.2) is 0 Å². The van der Waals surface area contributed by atoms with E-state index in [-0.39, 0.29) is 16.7 Å². The molecule has 4 heteroatoms. The molecule has 19 heavy (non-hydrogen) atoms. The molecule has 0 fully saturated rings. The maximum atomic E-state index is 14.0. The molecular weight excluding hydrogens is 273 g/mol. The van der Waals surface area contributed by atoms with E-state index >= 15 is 0 Å². The fraction of sp³-hybridized carbons (Fsp3) is 0.200. The first-order valence-corrected chi connectivity index (χ1v) is 6.20. The predicted molar refractivity (Wildman–Crippen MR) is 69.9 cm³/mol. The summed E-state index contributed by atoms with van der Waals surface area (Å²) in [5, 5.41) is -0.987. The largest absolute Gasteiger partial charge is 0.207 e. The van der Waals surface area contributed by atoms with Gasteiger partial charge < -0.3 is 0 Å². The van der Waals surface area contributed by atoms with E-state index in [1.807, 2.05) is 0 Å². The second kappa shape index (κ2) is 5.25. The topological polar surface area (TPSA) is 0 Å². The Labute approximate surface area is 114 Å². The lowest BCUT2D eigenvalue weighted by molar-refractivity contribution is 0.564. The Kier molecular flexibility index (Phi) is 3.85.